The summed E-state index contributed by atoms with van der Waals surface area (Å²) >= 11 is 0. The maximum atomic E-state index is 11.7. The second-order valence-electron chi connectivity index (χ2n) is 4.48. The van der Waals surface area contributed by atoms with Crippen LogP contribution in [0.2, 0.25) is 12.6 Å². The summed E-state index contributed by atoms with van der Waals surface area (Å²) in [5.41, 5.74) is 0.523. The Balaban J connectivity index is 2.31. The van der Waals surface area contributed by atoms with Gasteiger partial charge in [-0.15, -0.1) is 0 Å². The maximum Gasteiger partial charge on any atom is 0.338 e. The van der Waals surface area contributed by atoms with Crippen LogP contribution in [0.1, 0.15) is 30.6 Å². The summed E-state index contributed by atoms with van der Waals surface area (Å²) in [4.78, 5) is 15.6. The van der Waals surface area contributed by atoms with E-state index in [2.05, 4.69) is 4.98 Å². The minimum absolute atomic E-state index is 0.316. The van der Waals surface area contributed by atoms with Gasteiger partial charge in [-0.2, -0.15) is 0 Å². The predicted octanol–water partition coefficient (Wildman–Crippen LogP) is 2.77. The SMILES string of the molecule is CCO[Si](C)(CCCOC(=O)c1ccncc1)OCC. The Morgan fingerprint density at radius 3 is 2.35 bits per heavy atom. The van der Waals surface area contributed by atoms with Crippen LogP contribution in [-0.4, -0.2) is 39.3 Å². The number of carbonyl (C=O) groups is 1. The molecular formula is C14H23NO4Si. The first-order valence-corrected chi connectivity index (χ1v) is 9.48. The van der Waals surface area contributed by atoms with Gasteiger partial charge in [-0.25, -0.2) is 4.79 Å². The predicted molar refractivity (Wildman–Crippen MR) is 78.8 cm³/mol. The van der Waals surface area contributed by atoms with E-state index in [1.54, 1.807) is 24.5 Å². The summed E-state index contributed by atoms with van der Waals surface area (Å²) in [6.07, 6.45) is 3.90. The molecule has 1 aromatic heterocycles. The van der Waals surface area contributed by atoms with E-state index < -0.39 is 8.56 Å². The number of pyridine rings is 1. The summed E-state index contributed by atoms with van der Waals surface area (Å²) in [5, 5.41) is 0. The molecule has 0 saturated heterocycles. The quantitative estimate of drug-likeness (QED) is 0.398. The minimum Gasteiger partial charge on any atom is -0.462 e. The van der Waals surface area contributed by atoms with Crippen LogP contribution in [0.4, 0.5) is 0 Å². The van der Waals surface area contributed by atoms with Crippen LogP contribution >= 0.6 is 0 Å². The van der Waals surface area contributed by atoms with Gasteiger partial charge in [-0.05, 0) is 45.0 Å². The highest BCUT2D eigenvalue weighted by molar-refractivity contribution is 6.66. The largest absolute Gasteiger partial charge is 0.462 e. The molecule has 1 heterocycles. The van der Waals surface area contributed by atoms with E-state index >= 15 is 0 Å². The Hall–Kier alpha value is -1.24. The Labute approximate surface area is 121 Å². The Bertz CT molecular complexity index is 393. The molecule has 0 radical (unpaired) electrons. The fourth-order valence-electron chi connectivity index (χ4n) is 1.93. The average Bonchev–Trinajstić information content (AvgIpc) is 2.45. The van der Waals surface area contributed by atoms with Gasteiger partial charge in [0.2, 0.25) is 0 Å². The van der Waals surface area contributed by atoms with E-state index in [1.807, 2.05) is 20.4 Å². The van der Waals surface area contributed by atoms with Gasteiger partial charge in [0.15, 0.2) is 0 Å². The summed E-state index contributed by atoms with van der Waals surface area (Å²) in [6, 6.07) is 4.10. The van der Waals surface area contributed by atoms with Crippen molar-refractivity contribution in [3.8, 4) is 0 Å². The molecule has 0 aromatic carbocycles. The zero-order chi connectivity index (χ0) is 14.8. The number of nitrogens with zero attached hydrogens (tertiary/aromatic N) is 1. The molecule has 0 unspecified atom stereocenters. The van der Waals surface area contributed by atoms with Crippen molar-refractivity contribution < 1.29 is 18.4 Å². The second-order valence-corrected chi connectivity index (χ2v) is 7.82. The summed E-state index contributed by atoms with van der Waals surface area (Å²) < 4.78 is 16.7. The highest BCUT2D eigenvalue weighted by Crippen LogP contribution is 2.16. The molecule has 1 rings (SSSR count). The van der Waals surface area contributed by atoms with Crippen LogP contribution in [0.25, 0.3) is 0 Å². The van der Waals surface area contributed by atoms with Gasteiger partial charge in [0, 0.05) is 25.6 Å². The number of hydrogen-bond acceptors (Lipinski definition) is 5. The lowest BCUT2D eigenvalue weighted by Gasteiger charge is -2.25. The zero-order valence-corrected chi connectivity index (χ0v) is 13.4. The monoisotopic (exact) mass is 297 g/mol. The average molecular weight is 297 g/mol. The van der Waals surface area contributed by atoms with E-state index in [4.69, 9.17) is 13.6 Å². The molecule has 0 bridgehead atoms. The molecule has 0 N–H and O–H groups in total. The lowest BCUT2D eigenvalue weighted by Crippen LogP contribution is -2.38. The maximum absolute atomic E-state index is 11.7. The fourth-order valence-corrected chi connectivity index (χ4v) is 4.31. The standard InChI is InChI=1S/C14H23NO4Si/c1-4-18-20(3,19-5-2)12-6-11-17-14(16)13-7-9-15-10-8-13/h7-10H,4-6,11-12H2,1-3H3. The van der Waals surface area contributed by atoms with Crippen LogP contribution in [-0.2, 0) is 13.6 Å². The van der Waals surface area contributed by atoms with E-state index in [-0.39, 0.29) is 5.97 Å². The first-order chi connectivity index (χ1) is 9.61. The first-order valence-electron chi connectivity index (χ1n) is 6.96. The van der Waals surface area contributed by atoms with Crippen molar-refractivity contribution >= 4 is 14.5 Å². The van der Waals surface area contributed by atoms with Gasteiger partial charge in [-0.3, -0.25) is 4.98 Å². The van der Waals surface area contributed by atoms with Gasteiger partial charge >= 0.3 is 14.5 Å². The highest BCUT2D eigenvalue weighted by atomic mass is 28.4. The number of rotatable bonds is 9. The number of esters is 1. The van der Waals surface area contributed by atoms with Crippen LogP contribution in [0.15, 0.2) is 24.5 Å². The lowest BCUT2D eigenvalue weighted by atomic mass is 10.3. The molecule has 0 spiro atoms. The molecule has 0 amide bonds. The molecule has 0 fully saturated rings. The number of carbonyl (C=O) groups excluding carboxylic acids is 1. The summed E-state index contributed by atoms with van der Waals surface area (Å²) in [5.74, 6) is -0.316. The molecule has 112 valence electrons. The third kappa shape index (κ3) is 5.81. The van der Waals surface area contributed by atoms with Crippen LogP contribution < -0.4 is 0 Å². The van der Waals surface area contributed by atoms with Crippen molar-refractivity contribution in [1.82, 2.24) is 4.98 Å². The van der Waals surface area contributed by atoms with Gasteiger partial charge in [-0.1, -0.05) is 0 Å². The molecule has 1 aromatic rings. The molecular weight excluding hydrogens is 274 g/mol. The molecule has 6 heteroatoms. The fraction of sp³-hybridized carbons (Fsp3) is 0.571. The molecule has 0 aliphatic rings. The van der Waals surface area contributed by atoms with E-state index in [0.29, 0.717) is 25.4 Å². The lowest BCUT2D eigenvalue weighted by molar-refractivity contribution is 0.0500. The van der Waals surface area contributed by atoms with E-state index in [0.717, 1.165) is 12.5 Å². The van der Waals surface area contributed by atoms with Crippen molar-refractivity contribution in [3.63, 3.8) is 0 Å². The third-order valence-corrected chi connectivity index (χ3v) is 5.88. The van der Waals surface area contributed by atoms with Crippen molar-refractivity contribution in [2.75, 3.05) is 19.8 Å². The van der Waals surface area contributed by atoms with Gasteiger partial charge in [0.05, 0.1) is 12.2 Å². The van der Waals surface area contributed by atoms with E-state index in [1.165, 1.54) is 0 Å². The van der Waals surface area contributed by atoms with Crippen molar-refractivity contribution in [2.24, 2.45) is 0 Å². The Morgan fingerprint density at radius 2 is 1.80 bits per heavy atom. The van der Waals surface area contributed by atoms with Crippen LogP contribution in [0.3, 0.4) is 0 Å². The Kier molecular flexibility index (Phi) is 7.43. The summed E-state index contributed by atoms with van der Waals surface area (Å²) in [7, 11) is -2.10. The molecule has 0 aliphatic carbocycles. The third-order valence-electron chi connectivity index (χ3n) is 2.82. The zero-order valence-electron chi connectivity index (χ0n) is 12.4. The molecule has 0 atom stereocenters. The Morgan fingerprint density at radius 1 is 1.20 bits per heavy atom. The van der Waals surface area contributed by atoms with Gasteiger partial charge in [0.25, 0.3) is 0 Å². The van der Waals surface area contributed by atoms with Crippen molar-refractivity contribution in [3.05, 3.63) is 30.1 Å². The summed E-state index contributed by atoms with van der Waals surface area (Å²) in [6.45, 7) is 7.66. The molecule has 0 saturated carbocycles. The normalized spacial score (nSPS) is 11.3. The smallest absolute Gasteiger partial charge is 0.338 e. The molecule has 5 nitrogen and oxygen atoms in total. The highest BCUT2D eigenvalue weighted by Gasteiger charge is 2.30. The number of hydrogen-bond donors (Lipinski definition) is 0. The van der Waals surface area contributed by atoms with E-state index in [9.17, 15) is 4.79 Å². The molecule has 20 heavy (non-hydrogen) atoms. The second kappa shape index (κ2) is 8.83. The topological polar surface area (TPSA) is 57.7 Å². The van der Waals surface area contributed by atoms with Crippen molar-refractivity contribution in [1.29, 1.82) is 0 Å². The van der Waals surface area contributed by atoms with Crippen LogP contribution in [0.5, 0.6) is 0 Å². The van der Waals surface area contributed by atoms with Gasteiger partial charge < -0.3 is 13.6 Å². The number of ether oxygens (including phenoxy) is 1. The van der Waals surface area contributed by atoms with Crippen molar-refractivity contribution in [2.45, 2.75) is 32.9 Å². The van der Waals surface area contributed by atoms with Crippen LogP contribution in [0, 0.1) is 0 Å². The van der Waals surface area contributed by atoms with Gasteiger partial charge in [0.1, 0.15) is 0 Å². The molecule has 0 aliphatic heterocycles. The first kappa shape index (κ1) is 16.8. The minimum atomic E-state index is -2.10. The number of aromatic nitrogens is 1.